The Morgan fingerprint density at radius 3 is 2.63 bits per heavy atom. The zero-order chi connectivity index (χ0) is 14.0. The maximum atomic E-state index is 6.19. The van der Waals surface area contributed by atoms with Gasteiger partial charge in [0.15, 0.2) is 0 Å². The summed E-state index contributed by atoms with van der Waals surface area (Å²) in [6, 6.07) is 0.659. The Bertz CT molecular complexity index is 297. The predicted octanol–water partition coefficient (Wildman–Crippen LogP) is 1.15. The predicted molar refractivity (Wildman–Crippen MR) is 79.3 cm³/mol. The Labute approximate surface area is 118 Å². The van der Waals surface area contributed by atoms with Crippen molar-refractivity contribution in [3.05, 3.63) is 0 Å². The molecule has 4 atom stereocenters. The number of rotatable bonds is 4. The van der Waals surface area contributed by atoms with E-state index in [1.165, 1.54) is 25.8 Å². The second-order valence-electron chi connectivity index (χ2n) is 6.80. The van der Waals surface area contributed by atoms with Crippen LogP contribution in [0.3, 0.4) is 0 Å². The molecule has 4 nitrogen and oxygen atoms in total. The van der Waals surface area contributed by atoms with E-state index in [0.717, 1.165) is 25.4 Å². The first-order valence-electron chi connectivity index (χ1n) is 7.67. The van der Waals surface area contributed by atoms with Gasteiger partial charge < -0.3 is 15.4 Å². The minimum absolute atomic E-state index is 0.179. The molecule has 19 heavy (non-hydrogen) atoms. The summed E-state index contributed by atoms with van der Waals surface area (Å²) < 4.78 is 5.62. The van der Waals surface area contributed by atoms with Crippen molar-refractivity contribution in [2.45, 2.75) is 50.3 Å². The highest BCUT2D eigenvalue weighted by atomic mass is 16.5. The molecule has 4 heteroatoms. The lowest BCUT2D eigenvalue weighted by atomic mass is 9.78. The molecule has 2 fully saturated rings. The fourth-order valence-electron chi connectivity index (χ4n) is 4.10. The summed E-state index contributed by atoms with van der Waals surface area (Å²) in [5.74, 6) is 0.723. The van der Waals surface area contributed by atoms with Crippen molar-refractivity contribution < 1.29 is 4.74 Å². The van der Waals surface area contributed by atoms with Crippen LogP contribution in [-0.2, 0) is 4.74 Å². The molecule has 0 aromatic rings. The summed E-state index contributed by atoms with van der Waals surface area (Å²) in [6.07, 6.45) is 5.17. The molecule has 112 valence electrons. The van der Waals surface area contributed by atoms with Crippen LogP contribution in [0.5, 0.6) is 0 Å². The second-order valence-corrected chi connectivity index (χ2v) is 6.80. The summed E-state index contributed by atoms with van der Waals surface area (Å²) in [4.78, 5) is 5.03. The van der Waals surface area contributed by atoms with E-state index >= 15 is 0 Å². The van der Waals surface area contributed by atoms with Crippen molar-refractivity contribution in [3.8, 4) is 0 Å². The van der Waals surface area contributed by atoms with Crippen LogP contribution in [0.25, 0.3) is 0 Å². The van der Waals surface area contributed by atoms with E-state index in [2.05, 4.69) is 30.8 Å². The topological polar surface area (TPSA) is 41.7 Å². The van der Waals surface area contributed by atoms with Crippen LogP contribution in [-0.4, -0.2) is 68.3 Å². The molecule has 2 aliphatic rings. The number of methoxy groups -OCH3 is 1. The highest BCUT2D eigenvalue weighted by Gasteiger charge is 2.45. The fraction of sp³-hybridized carbons (Fsp3) is 1.00. The molecular weight excluding hydrogens is 238 g/mol. The van der Waals surface area contributed by atoms with E-state index < -0.39 is 0 Å². The van der Waals surface area contributed by atoms with Crippen molar-refractivity contribution in [2.75, 3.05) is 40.8 Å². The molecule has 0 bridgehead atoms. The van der Waals surface area contributed by atoms with Gasteiger partial charge >= 0.3 is 0 Å². The summed E-state index contributed by atoms with van der Waals surface area (Å²) in [5.41, 5.74) is 6.37. The van der Waals surface area contributed by atoms with E-state index in [-0.39, 0.29) is 5.54 Å². The number of nitrogens with zero attached hydrogens (tertiary/aromatic N) is 2. The maximum Gasteiger partial charge on any atom is 0.0589 e. The van der Waals surface area contributed by atoms with Crippen molar-refractivity contribution in [3.63, 3.8) is 0 Å². The summed E-state index contributed by atoms with van der Waals surface area (Å²) >= 11 is 0. The Morgan fingerprint density at radius 1 is 1.37 bits per heavy atom. The average Bonchev–Trinajstić information content (AvgIpc) is 2.81. The van der Waals surface area contributed by atoms with Gasteiger partial charge in [0.05, 0.1) is 6.10 Å². The summed E-state index contributed by atoms with van der Waals surface area (Å²) in [6.45, 7) is 5.46. The second kappa shape index (κ2) is 6.08. The number of ether oxygens (including phenoxy) is 1. The van der Waals surface area contributed by atoms with Gasteiger partial charge in [-0.2, -0.15) is 0 Å². The number of nitrogens with two attached hydrogens (primary N) is 1. The van der Waals surface area contributed by atoms with Crippen molar-refractivity contribution in [1.82, 2.24) is 9.80 Å². The van der Waals surface area contributed by atoms with Gasteiger partial charge in [0.2, 0.25) is 0 Å². The Morgan fingerprint density at radius 2 is 2.11 bits per heavy atom. The molecule has 2 N–H and O–H groups in total. The van der Waals surface area contributed by atoms with E-state index in [1.54, 1.807) is 0 Å². The molecule has 0 amide bonds. The maximum absolute atomic E-state index is 6.19. The van der Waals surface area contributed by atoms with Crippen LogP contribution in [0.15, 0.2) is 0 Å². The van der Waals surface area contributed by atoms with Crippen LogP contribution in [0.2, 0.25) is 0 Å². The van der Waals surface area contributed by atoms with Crippen LogP contribution >= 0.6 is 0 Å². The van der Waals surface area contributed by atoms with Gasteiger partial charge in [-0.05, 0) is 45.7 Å². The zero-order valence-electron chi connectivity index (χ0n) is 13.1. The quantitative estimate of drug-likeness (QED) is 0.831. The third kappa shape index (κ3) is 2.97. The van der Waals surface area contributed by atoms with Crippen LogP contribution in [0.1, 0.15) is 32.6 Å². The molecule has 4 unspecified atom stereocenters. The minimum atomic E-state index is 0.179. The summed E-state index contributed by atoms with van der Waals surface area (Å²) in [5, 5.41) is 0. The van der Waals surface area contributed by atoms with E-state index in [4.69, 9.17) is 10.5 Å². The summed E-state index contributed by atoms with van der Waals surface area (Å²) in [7, 11) is 6.23. The minimum Gasteiger partial charge on any atom is -0.381 e. The molecule has 0 spiro atoms. The van der Waals surface area contributed by atoms with Crippen LogP contribution in [0.4, 0.5) is 0 Å². The van der Waals surface area contributed by atoms with Gasteiger partial charge in [-0.25, -0.2) is 0 Å². The number of hydrogen-bond acceptors (Lipinski definition) is 4. The van der Waals surface area contributed by atoms with Gasteiger partial charge in [-0.3, -0.25) is 4.90 Å². The number of likely N-dealkylation sites (tertiary alicyclic amines) is 1. The highest BCUT2D eigenvalue weighted by Crippen LogP contribution is 2.38. The fourth-order valence-corrected chi connectivity index (χ4v) is 4.10. The normalized spacial score (nSPS) is 41.1. The first-order valence-corrected chi connectivity index (χ1v) is 7.67. The lowest BCUT2D eigenvalue weighted by Gasteiger charge is -2.46. The molecule has 1 aliphatic carbocycles. The zero-order valence-corrected chi connectivity index (χ0v) is 13.1. The van der Waals surface area contributed by atoms with Crippen LogP contribution in [0, 0.1) is 5.92 Å². The molecule has 0 aromatic carbocycles. The van der Waals surface area contributed by atoms with Crippen molar-refractivity contribution >= 4 is 0 Å². The number of hydrogen-bond donors (Lipinski definition) is 1. The SMILES string of the molecule is COC1CCCC(CN)(N2CC(C)C(N(C)C)C2)C1. The van der Waals surface area contributed by atoms with E-state index in [0.29, 0.717) is 12.1 Å². The average molecular weight is 269 g/mol. The number of likely N-dealkylation sites (N-methyl/N-ethyl adjacent to an activating group) is 1. The molecule has 1 saturated heterocycles. The van der Waals surface area contributed by atoms with Crippen molar-refractivity contribution in [2.24, 2.45) is 11.7 Å². The largest absolute Gasteiger partial charge is 0.381 e. The molecule has 1 heterocycles. The third-order valence-electron chi connectivity index (χ3n) is 5.40. The molecule has 1 saturated carbocycles. The first-order chi connectivity index (χ1) is 9.02. The highest BCUT2D eigenvalue weighted by molar-refractivity contribution is 5.02. The molecule has 2 rings (SSSR count). The molecule has 1 aliphatic heterocycles. The van der Waals surface area contributed by atoms with E-state index in [1.807, 2.05) is 7.11 Å². The molecule has 0 aromatic heterocycles. The van der Waals surface area contributed by atoms with Gasteiger partial charge in [0.25, 0.3) is 0 Å². The molecule has 0 radical (unpaired) electrons. The lowest BCUT2D eigenvalue weighted by molar-refractivity contribution is -0.0153. The smallest absolute Gasteiger partial charge is 0.0589 e. The lowest BCUT2D eigenvalue weighted by Crippen LogP contribution is -2.57. The molecular formula is C15H31N3O. The first kappa shape index (κ1) is 15.2. The standard InChI is InChI=1S/C15H31N3O/c1-12-9-18(10-14(12)17(2)3)15(11-16)7-5-6-13(8-15)19-4/h12-14H,5-11,16H2,1-4H3. The third-order valence-corrected chi connectivity index (χ3v) is 5.40. The Kier molecular flexibility index (Phi) is 4.88. The van der Waals surface area contributed by atoms with Crippen molar-refractivity contribution in [1.29, 1.82) is 0 Å². The van der Waals surface area contributed by atoms with Gasteiger partial charge in [0.1, 0.15) is 0 Å². The Hall–Kier alpha value is -0.160. The van der Waals surface area contributed by atoms with Gasteiger partial charge in [-0.15, -0.1) is 0 Å². The van der Waals surface area contributed by atoms with Gasteiger partial charge in [0, 0.05) is 38.3 Å². The van der Waals surface area contributed by atoms with Crippen LogP contribution < -0.4 is 5.73 Å². The monoisotopic (exact) mass is 269 g/mol. The van der Waals surface area contributed by atoms with E-state index in [9.17, 15) is 0 Å². The van der Waals surface area contributed by atoms with Gasteiger partial charge in [-0.1, -0.05) is 6.92 Å². The Balaban J connectivity index is 2.09.